The topological polar surface area (TPSA) is 81.7 Å². The molecule has 3 rings (SSSR count). The minimum atomic E-state index is -3.59. The van der Waals surface area contributed by atoms with Gasteiger partial charge in [0.1, 0.15) is 0 Å². The number of fused-ring (bicyclic) bond motifs is 1. The predicted octanol–water partition coefficient (Wildman–Crippen LogP) is 7.66. The molecule has 218 valence electrons. The van der Waals surface area contributed by atoms with Gasteiger partial charge in [-0.05, 0) is 90.0 Å². The number of nitrogens with one attached hydrogen (secondary N) is 1. The van der Waals surface area contributed by atoms with E-state index in [2.05, 4.69) is 63.7 Å². The highest BCUT2D eigenvalue weighted by atomic mass is 35.5. The quantitative estimate of drug-likeness (QED) is 0.131. The standard InChI is InChI=1S/C31H42ClNO5SSi/c1-22(21-38-40(6,7)31(2,3)4)23-11-17-27-24(20-29(30(34)37-5)28(27)18-12-23)10-8-9-19-33-39(35,36)26-15-13-25(32)14-16-26/h11-18,20,22,33H,8-10,19,21H2,1-7H3. The lowest BCUT2D eigenvalue weighted by atomic mass is 10.0. The minimum Gasteiger partial charge on any atom is -0.465 e. The van der Waals surface area contributed by atoms with Crippen molar-refractivity contribution in [1.82, 2.24) is 4.72 Å². The molecule has 0 radical (unpaired) electrons. The average Bonchev–Trinajstić information content (AvgIpc) is 3.08. The third-order valence-electron chi connectivity index (χ3n) is 7.89. The first kappa shape index (κ1) is 32.3. The fourth-order valence-corrected chi connectivity index (χ4v) is 6.54. The summed E-state index contributed by atoms with van der Waals surface area (Å²) >= 11 is 5.87. The van der Waals surface area contributed by atoms with Crippen LogP contribution in [0.5, 0.6) is 0 Å². The summed E-state index contributed by atoms with van der Waals surface area (Å²) in [5.74, 6) is -0.168. The van der Waals surface area contributed by atoms with Gasteiger partial charge in [-0.25, -0.2) is 17.9 Å². The lowest BCUT2D eigenvalue weighted by Crippen LogP contribution is -2.41. The fourth-order valence-electron chi connectivity index (χ4n) is 4.24. The molecule has 1 aromatic rings. The van der Waals surface area contributed by atoms with Gasteiger partial charge in [0.05, 0.1) is 17.6 Å². The molecule has 1 unspecified atom stereocenters. The fraction of sp³-hybridized carbons (Fsp3) is 0.452. The number of rotatable bonds is 12. The Morgan fingerprint density at radius 1 is 1.00 bits per heavy atom. The number of carbonyl (C=O) groups is 1. The number of ether oxygens (including phenoxy) is 1. The molecule has 40 heavy (non-hydrogen) atoms. The Morgan fingerprint density at radius 3 is 2.23 bits per heavy atom. The smallest absolute Gasteiger partial charge is 0.338 e. The summed E-state index contributed by atoms with van der Waals surface area (Å²) in [5.41, 5.74) is 4.60. The van der Waals surface area contributed by atoms with E-state index in [1.54, 1.807) is 12.1 Å². The van der Waals surface area contributed by atoms with Crippen molar-refractivity contribution in [2.75, 3.05) is 20.3 Å². The highest BCUT2D eigenvalue weighted by Gasteiger charge is 2.37. The number of hydrogen-bond acceptors (Lipinski definition) is 5. The Hall–Kier alpha value is -2.23. The molecule has 0 saturated carbocycles. The molecule has 1 atom stereocenters. The van der Waals surface area contributed by atoms with Crippen LogP contribution in [0.2, 0.25) is 23.2 Å². The maximum absolute atomic E-state index is 12.6. The lowest BCUT2D eigenvalue weighted by Gasteiger charge is -2.37. The number of halogens is 1. The van der Waals surface area contributed by atoms with E-state index in [9.17, 15) is 13.2 Å². The minimum absolute atomic E-state index is 0.148. The van der Waals surface area contributed by atoms with Gasteiger partial charge in [0.15, 0.2) is 8.32 Å². The molecule has 6 nitrogen and oxygen atoms in total. The monoisotopic (exact) mass is 603 g/mol. The van der Waals surface area contributed by atoms with Crippen molar-refractivity contribution in [2.24, 2.45) is 0 Å². The number of benzene rings is 1. The van der Waals surface area contributed by atoms with Crippen LogP contribution in [0.3, 0.4) is 0 Å². The van der Waals surface area contributed by atoms with Crippen LogP contribution in [0.4, 0.5) is 0 Å². The first-order valence-electron chi connectivity index (χ1n) is 13.7. The number of carbonyl (C=O) groups excluding carboxylic acids is 1. The van der Waals surface area contributed by atoms with Crippen molar-refractivity contribution in [2.45, 2.75) is 75.9 Å². The Bertz CT molecular complexity index is 1380. The number of sulfonamides is 1. The maximum Gasteiger partial charge on any atom is 0.338 e. The van der Waals surface area contributed by atoms with Gasteiger partial charge >= 0.3 is 5.97 Å². The molecule has 9 heteroatoms. The molecule has 0 fully saturated rings. The molecule has 2 aliphatic rings. The molecular weight excluding hydrogens is 562 g/mol. The van der Waals surface area contributed by atoms with Crippen molar-refractivity contribution in [3.05, 3.63) is 76.3 Å². The second-order valence-corrected chi connectivity index (χ2v) is 18.9. The molecule has 1 N–H and O–H groups in total. The van der Waals surface area contributed by atoms with Crippen LogP contribution in [0.1, 0.15) is 67.9 Å². The van der Waals surface area contributed by atoms with Crippen LogP contribution in [-0.2, 0) is 25.6 Å². The van der Waals surface area contributed by atoms with Gasteiger partial charge in [-0.1, -0.05) is 63.6 Å². The van der Waals surface area contributed by atoms with Gasteiger partial charge in [0.2, 0.25) is 10.0 Å². The molecule has 0 aromatic heterocycles. The first-order chi connectivity index (χ1) is 18.7. The van der Waals surface area contributed by atoms with E-state index >= 15 is 0 Å². The van der Waals surface area contributed by atoms with Gasteiger partial charge in [-0.2, -0.15) is 0 Å². The summed E-state index contributed by atoms with van der Waals surface area (Å²) in [6.45, 7) is 14.4. The summed E-state index contributed by atoms with van der Waals surface area (Å²) in [6.07, 6.45) is 2.11. The molecule has 0 spiro atoms. The Balaban J connectivity index is 1.71. The van der Waals surface area contributed by atoms with Crippen LogP contribution in [0.25, 0.3) is 11.1 Å². The Morgan fingerprint density at radius 2 is 1.62 bits per heavy atom. The normalized spacial score (nSPS) is 13.4. The van der Waals surface area contributed by atoms with E-state index in [0.29, 0.717) is 36.6 Å². The summed E-state index contributed by atoms with van der Waals surface area (Å²) in [6, 6.07) is 16.3. The zero-order valence-corrected chi connectivity index (χ0v) is 27.2. The number of hydrogen-bond donors (Lipinski definition) is 1. The van der Waals surface area contributed by atoms with Crippen LogP contribution in [-0.4, -0.2) is 43.0 Å². The van der Waals surface area contributed by atoms with E-state index in [1.165, 1.54) is 19.2 Å². The summed E-state index contributed by atoms with van der Waals surface area (Å²) in [5, 5.41) is 0.635. The van der Waals surface area contributed by atoms with Crippen molar-refractivity contribution >= 4 is 35.9 Å². The van der Waals surface area contributed by atoms with E-state index in [4.69, 9.17) is 20.8 Å². The van der Waals surface area contributed by atoms with Crippen LogP contribution in [0, 0.1) is 0 Å². The zero-order chi connectivity index (χ0) is 29.7. The van der Waals surface area contributed by atoms with E-state index < -0.39 is 18.3 Å². The van der Waals surface area contributed by atoms with Gasteiger partial charge in [0.25, 0.3) is 0 Å². The van der Waals surface area contributed by atoms with Gasteiger partial charge < -0.3 is 9.16 Å². The number of unbranched alkanes of at least 4 members (excludes halogenated alkanes) is 1. The van der Waals surface area contributed by atoms with Gasteiger partial charge in [-0.15, -0.1) is 0 Å². The van der Waals surface area contributed by atoms with Crippen molar-refractivity contribution in [3.8, 4) is 11.1 Å². The molecule has 0 amide bonds. The maximum atomic E-state index is 12.6. The van der Waals surface area contributed by atoms with E-state index in [1.807, 2.05) is 12.1 Å². The molecular formula is C31H42ClNO5SSi. The Kier molecular flexibility index (Phi) is 10.6. The average molecular weight is 604 g/mol. The van der Waals surface area contributed by atoms with E-state index in [0.717, 1.165) is 28.7 Å². The number of methoxy groups -OCH3 is 1. The zero-order valence-electron chi connectivity index (χ0n) is 24.6. The first-order valence-corrected chi connectivity index (χ1v) is 18.5. The molecule has 0 aliphatic heterocycles. The number of aryl methyl sites for hydroxylation is 1. The molecule has 0 saturated heterocycles. The van der Waals surface area contributed by atoms with Crippen molar-refractivity contribution < 1.29 is 22.4 Å². The van der Waals surface area contributed by atoms with E-state index in [-0.39, 0.29) is 21.8 Å². The summed E-state index contributed by atoms with van der Waals surface area (Å²) < 4.78 is 39.2. The van der Waals surface area contributed by atoms with Crippen molar-refractivity contribution in [3.63, 3.8) is 0 Å². The number of esters is 1. The van der Waals surface area contributed by atoms with Crippen molar-refractivity contribution in [1.29, 1.82) is 0 Å². The third kappa shape index (κ3) is 7.94. The second-order valence-electron chi connectivity index (χ2n) is 11.9. The van der Waals surface area contributed by atoms with Crippen LogP contribution >= 0.6 is 11.6 Å². The molecule has 2 aliphatic carbocycles. The molecule has 0 heterocycles. The van der Waals surface area contributed by atoms with Gasteiger partial charge in [-0.3, -0.25) is 0 Å². The highest BCUT2D eigenvalue weighted by Crippen LogP contribution is 2.38. The Labute approximate surface area is 246 Å². The van der Waals surface area contributed by atoms with Gasteiger partial charge in [0, 0.05) is 24.1 Å². The molecule has 1 aromatic carbocycles. The second kappa shape index (κ2) is 13.2. The SMILES string of the molecule is COC(=O)c1cc(CCCCNS(=O)(=O)c2ccc(Cl)cc2)c2ccc(C(C)CO[Si](C)(C)C(C)(C)C)ccc1-2. The predicted molar refractivity (Wildman–Crippen MR) is 166 cm³/mol. The highest BCUT2D eigenvalue weighted by molar-refractivity contribution is 7.89. The summed E-state index contributed by atoms with van der Waals surface area (Å²) in [7, 11) is -4.06. The summed E-state index contributed by atoms with van der Waals surface area (Å²) in [4.78, 5) is 12.8. The van der Waals surface area contributed by atoms with Crippen LogP contribution in [0.15, 0.2) is 59.5 Å². The largest absolute Gasteiger partial charge is 0.465 e. The third-order valence-corrected chi connectivity index (χ3v) is 14.1. The molecule has 0 bridgehead atoms. The lowest BCUT2D eigenvalue weighted by molar-refractivity contribution is 0.0602. The van der Waals surface area contributed by atoms with Crippen LogP contribution < -0.4 is 4.72 Å².